The SMILES string of the molecule is Cc1c(C)c(C)c(S(=O)(=O)Nc2ccc(NC(=O)C3CCCO3)cc2C(F)(F)F)c(C)c1C. The maximum atomic E-state index is 13.8. The van der Waals surface area contributed by atoms with Gasteiger partial charge in [-0.2, -0.15) is 13.2 Å². The van der Waals surface area contributed by atoms with Crippen LogP contribution in [0.25, 0.3) is 0 Å². The number of carbonyl (C=O) groups excluding carboxylic acids is 1. The fourth-order valence-corrected chi connectivity index (χ4v) is 5.70. The summed E-state index contributed by atoms with van der Waals surface area (Å²) in [6.07, 6.45) is -4.38. The van der Waals surface area contributed by atoms with Gasteiger partial charge in [-0.05, 0) is 93.5 Å². The van der Waals surface area contributed by atoms with Gasteiger partial charge in [-0.15, -0.1) is 0 Å². The van der Waals surface area contributed by atoms with Crippen LogP contribution in [-0.4, -0.2) is 27.0 Å². The second kappa shape index (κ2) is 8.98. The largest absolute Gasteiger partial charge is 0.418 e. The minimum absolute atomic E-state index is 0.0352. The molecule has 33 heavy (non-hydrogen) atoms. The summed E-state index contributed by atoms with van der Waals surface area (Å²) in [7, 11) is -4.33. The van der Waals surface area contributed by atoms with E-state index in [0.717, 1.165) is 28.8 Å². The highest BCUT2D eigenvalue weighted by Gasteiger charge is 2.36. The number of hydrogen-bond donors (Lipinski definition) is 2. The fourth-order valence-electron chi connectivity index (χ4n) is 4.02. The molecular formula is C23H27F3N2O4S. The van der Waals surface area contributed by atoms with Crippen molar-refractivity contribution in [3.63, 3.8) is 0 Å². The Morgan fingerprint density at radius 3 is 2.09 bits per heavy atom. The summed E-state index contributed by atoms with van der Waals surface area (Å²) in [5.41, 5.74) is 1.52. The minimum Gasteiger partial charge on any atom is -0.368 e. The van der Waals surface area contributed by atoms with Gasteiger partial charge >= 0.3 is 6.18 Å². The lowest BCUT2D eigenvalue weighted by atomic mass is 9.95. The van der Waals surface area contributed by atoms with Crippen LogP contribution in [0.5, 0.6) is 0 Å². The standard InChI is InChI=1S/C23H27F3N2O4S/c1-12-13(2)15(4)21(16(5)14(12)3)33(30,31)28-19-9-8-17(11-18(19)23(24,25)26)27-22(29)20-7-6-10-32-20/h8-9,11,20,28H,6-7,10H2,1-5H3,(H,27,29). The Bertz CT molecular complexity index is 1170. The molecule has 6 nitrogen and oxygen atoms in total. The molecule has 0 spiro atoms. The second-order valence-corrected chi connectivity index (χ2v) is 9.93. The van der Waals surface area contributed by atoms with Crippen LogP contribution in [0, 0.1) is 34.6 Å². The molecule has 0 saturated carbocycles. The molecule has 3 rings (SSSR count). The zero-order chi connectivity index (χ0) is 24.7. The first-order valence-corrected chi connectivity index (χ1v) is 12.0. The third-order valence-electron chi connectivity index (χ3n) is 6.26. The van der Waals surface area contributed by atoms with Crippen LogP contribution in [0.4, 0.5) is 24.5 Å². The normalized spacial score (nSPS) is 16.7. The van der Waals surface area contributed by atoms with Gasteiger partial charge in [-0.25, -0.2) is 8.42 Å². The molecule has 1 unspecified atom stereocenters. The smallest absolute Gasteiger partial charge is 0.368 e. The Kier molecular flexibility index (Phi) is 6.82. The first-order chi connectivity index (χ1) is 15.2. The first-order valence-electron chi connectivity index (χ1n) is 10.5. The number of benzene rings is 2. The summed E-state index contributed by atoms with van der Waals surface area (Å²) in [6.45, 7) is 9.13. The van der Waals surface area contributed by atoms with Crippen molar-refractivity contribution < 1.29 is 31.1 Å². The molecule has 10 heteroatoms. The molecule has 1 aliphatic rings. The average molecular weight is 485 g/mol. The minimum atomic E-state index is -4.86. The third kappa shape index (κ3) is 5.01. The highest BCUT2D eigenvalue weighted by Crippen LogP contribution is 2.38. The highest BCUT2D eigenvalue weighted by molar-refractivity contribution is 7.92. The van der Waals surface area contributed by atoms with Crippen LogP contribution in [0.3, 0.4) is 0 Å². The highest BCUT2D eigenvalue weighted by atomic mass is 32.2. The Labute approximate surface area is 191 Å². The quantitative estimate of drug-likeness (QED) is 0.614. The monoisotopic (exact) mass is 484 g/mol. The van der Waals surface area contributed by atoms with Crippen LogP contribution < -0.4 is 10.0 Å². The number of halogens is 3. The van der Waals surface area contributed by atoms with Crippen molar-refractivity contribution in [2.75, 3.05) is 16.6 Å². The molecule has 2 aromatic rings. The summed E-state index contributed by atoms with van der Waals surface area (Å²) < 4.78 is 75.2. The molecular weight excluding hydrogens is 457 g/mol. The lowest BCUT2D eigenvalue weighted by Crippen LogP contribution is -2.27. The number of anilines is 2. The van der Waals surface area contributed by atoms with Gasteiger partial charge < -0.3 is 10.1 Å². The average Bonchev–Trinajstić information content (AvgIpc) is 3.26. The number of sulfonamides is 1. The Hall–Kier alpha value is -2.59. The van der Waals surface area contributed by atoms with Crippen molar-refractivity contribution in [3.8, 4) is 0 Å². The molecule has 1 fully saturated rings. The van der Waals surface area contributed by atoms with Crippen LogP contribution in [0.1, 0.15) is 46.2 Å². The number of amides is 1. The van der Waals surface area contributed by atoms with Crippen LogP contribution in [0.15, 0.2) is 23.1 Å². The van der Waals surface area contributed by atoms with Crippen molar-refractivity contribution in [1.29, 1.82) is 0 Å². The number of hydrogen-bond acceptors (Lipinski definition) is 4. The number of nitrogens with one attached hydrogen (secondary N) is 2. The molecule has 180 valence electrons. The topological polar surface area (TPSA) is 84.5 Å². The van der Waals surface area contributed by atoms with Crippen molar-refractivity contribution >= 4 is 27.3 Å². The summed E-state index contributed by atoms with van der Waals surface area (Å²) in [5, 5.41) is 2.42. The van der Waals surface area contributed by atoms with Gasteiger partial charge in [0.05, 0.1) is 16.1 Å². The van der Waals surface area contributed by atoms with E-state index in [1.807, 2.05) is 6.92 Å². The van der Waals surface area contributed by atoms with Gasteiger partial charge in [0.2, 0.25) is 0 Å². The third-order valence-corrected chi connectivity index (χ3v) is 7.90. The second-order valence-electron chi connectivity index (χ2n) is 8.31. The van der Waals surface area contributed by atoms with Gasteiger partial charge in [0.15, 0.2) is 0 Å². The Morgan fingerprint density at radius 1 is 1.00 bits per heavy atom. The molecule has 1 saturated heterocycles. The van der Waals surface area contributed by atoms with Gasteiger partial charge in [-0.1, -0.05) is 0 Å². The van der Waals surface area contributed by atoms with Crippen molar-refractivity contribution in [2.24, 2.45) is 0 Å². The number of rotatable bonds is 5. The van der Waals surface area contributed by atoms with E-state index < -0.39 is 39.5 Å². The van der Waals surface area contributed by atoms with Crippen LogP contribution in [0.2, 0.25) is 0 Å². The molecule has 1 atom stereocenters. The lowest BCUT2D eigenvalue weighted by Gasteiger charge is -2.21. The van der Waals surface area contributed by atoms with E-state index >= 15 is 0 Å². The molecule has 2 N–H and O–H groups in total. The van der Waals surface area contributed by atoms with Gasteiger partial charge in [0.1, 0.15) is 6.10 Å². The molecule has 0 aliphatic carbocycles. The van der Waals surface area contributed by atoms with E-state index in [1.165, 1.54) is 6.07 Å². The maximum absolute atomic E-state index is 13.8. The number of carbonyl (C=O) groups is 1. The number of alkyl halides is 3. The Morgan fingerprint density at radius 2 is 1.58 bits per heavy atom. The van der Waals surface area contributed by atoms with E-state index in [0.29, 0.717) is 30.6 Å². The van der Waals surface area contributed by atoms with Gasteiger partial charge in [0, 0.05) is 12.3 Å². The maximum Gasteiger partial charge on any atom is 0.418 e. The van der Waals surface area contributed by atoms with Crippen molar-refractivity contribution in [3.05, 3.63) is 51.6 Å². The van der Waals surface area contributed by atoms with E-state index in [-0.39, 0.29) is 10.6 Å². The van der Waals surface area contributed by atoms with E-state index in [1.54, 1.807) is 27.7 Å². The summed E-state index contributed by atoms with van der Waals surface area (Å²) in [4.78, 5) is 12.2. The molecule has 1 amide bonds. The zero-order valence-corrected chi connectivity index (χ0v) is 19.9. The molecule has 0 radical (unpaired) electrons. The molecule has 2 aromatic carbocycles. The molecule has 1 aliphatic heterocycles. The fraction of sp³-hybridized carbons (Fsp3) is 0.435. The Balaban J connectivity index is 2.00. The van der Waals surface area contributed by atoms with E-state index in [2.05, 4.69) is 10.0 Å². The molecule has 0 bridgehead atoms. The zero-order valence-electron chi connectivity index (χ0n) is 19.1. The number of ether oxygens (including phenoxy) is 1. The molecule has 0 aromatic heterocycles. The van der Waals surface area contributed by atoms with Crippen LogP contribution in [-0.2, 0) is 25.7 Å². The van der Waals surface area contributed by atoms with Crippen molar-refractivity contribution in [2.45, 2.75) is 64.6 Å². The predicted octanol–water partition coefficient (Wildman–Crippen LogP) is 5.17. The van der Waals surface area contributed by atoms with Crippen molar-refractivity contribution in [1.82, 2.24) is 0 Å². The predicted molar refractivity (Wildman–Crippen MR) is 120 cm³/mol. The van der Waals surface area contributed by atoms with Gasteiger partial charge in [0.25, 0.3) is 15.9 Å². The molecule has 1 heterocycles. The van der Waals surface area contributed by atoms with Crippen LogP contribution >= 0.6 is 0 Å². The first kappa shape index (κ1) is 25.0. The van der Waals surface area contributed by atoms with E-state index in [4.69, 9.17) is 4.74 Å². The summed E-state index contributed by atoms with van der Waals surface area (Å²) >= 11 is 0. The summed E-state index contributed by atoms with van der Waals surface area (Å²) in [5.74, 6) is -0.536. The summed E-state index contributed by atoms with van der Waals surface area (Å²) in [6, 6.07) is 2.95. The van der Waals surface area contributed by atoms with E-state index in [9.17, 15) is 26.4 Å². The van der Waals surface area contributed by atoms with Gasteiger partial charge in [-0.3, -0.25) is 9.52 Å². The lowest BCUT2D eigenvalue weighted by molar-refractivity contribution is -0.137.